The molecule has 2 aromatic heterocycles. The molecule has 1 N–H and O–H groups in total. The zero-order valence-corrected chi connectivity index (χ0v) is 14.1. The van der Waals surface area contributed by atoms with Crippen LogP contribution in [0.3, 0.4) is 0 Å². The summed E-state index contributed by atoms with van der Waals surface area (Å²) < 4.78 is 2.10. The van der Waals surface area contributed by atoms with Crippen LogP contribution in [0.15, 0.2) is 47.5 Å². The van der Waals surface area contributed by atoms with Crippen molar-refractivity contribution in [2.45, 2.75) is 32.4 Å². The molecule has 1 aliphatic rings. The van der Waals surface area contributed by atoms with Crippen molar-refractivity contribution in [2.75, 3.05) is 6.54 Å². The molecule has 0 radical (unpaired) electrons. The fourth-order valence-electron chi connectivity index (χ4n) is 3.74. The number of H-pyrrole nitrogens is 1. The molecule has 3 aromatic rings. The highest BCUT2D eigenvalue weighted by Gasteiger charge is 2.32. The van der Waals surface area contributed by atoms with Crippen LogP contribution in [0, 0.1) is 0 Å². The molecule has 0 spiro atoms. The summed E-state index contributed by atoms with van der Waals surface area (Å²) in [6, 6.07) is 9.66. The number of fused-ring (bicyclic) bond motifs is 1. The number of hydrogen-bond donors (Lipinski definition) is 1. The molecule has 3 heterocycles. The van der Waals surface area contributed by atoms with Gasteiger partial charge in [-0.25, -0.2) is 9.78 Å². The van der Waals surface area contributed by atoms with Crippen LogP contribution in [0.5, 0.6) is 0 Å². The maximum Gasteiger partial charge on any atom is 0.345 e. The SMILES string of the molecule is CCn1cc(C(=O)N2CCCC2c2ccnc(=O)[nH]2)c2ccccc21. The van der Waals surface area contributed by atoms with Crippen LogP contribution in [0.25, 0.3) is 10.9 Å². The highest BCUT2D eigenvalue weighted by molar-refractivity contribution is 6.07. The predicted octanol–water partition coefficient (Wildman–Crippen LogP) is 2.72. The number of aryl methyl sites for hydroxylation is 1. The number of amides is 1. The largest absolute Gasteiger partial charge is 0.347 e. The molecule has 0 aliphatic carbocycles. The molecule has 1 aliphatic heterocycles. The quantitative estimate of drug-likeness (QED) is 0.799. The molecule has 25 heavy (non-hydrogen) atoms. The monoisotopic (exact) mass is 336 g/mol. The first-order valence-electron chi connectivity index (χ1n) is 8.63. The maximum atomic E-state index is 13.3. The fourth-order valence-corrected chi connectivity index (χ4v) is 3.74. The van der Waals surface area contributed by atoms with E-state index in [0.29, 0.717) is 6.54 Å². The van der Waals surface area contributed by atoms with E-state index < -0.39 is 0 Å². The van der Waals surface area contributed by atoms with Crippen LogP contribution in [-0.2, 0) is 6.54 Å². The van der Waals surface area contributed by atoms with Crippen molar-refractivity contribution >= 4 is 16.8 Å². The second-order valence-electron chi connectivity index (χ2n) is 6.33. The van der Waals surface area contributed by atoms with E-state index in [4.69, 9.17) is 0 Å². The molecule has 1 atom stereocenters. The molecule has 0 bridgehead atoms. The lowest BCUT2D eigenvalue weighted by molar-refractivity contribution is 0.0734. The summed E-state index contributed by atoms with van der Waals surface area (Å²) in [5.74, 6) is 0.0172. The Morgan fingerprint density at radius 1 is 1.32 bits per heavy atom. The van der Waals surface area contributed by atoms with E-state index in [1.807, 2.05) is 35.4 Å². The van der Waals surface area contributed by atoms with Gasteiger partial charge in [0.1, 0.15) is 0 Å². The molecule has 1 amide bonds. The minimum atomic E-state index is -0.376. The van der Waals surface area contributed by atoms with E-state index in [9.17, 15) is 9.59 Å². The van der Waals surface area contributed by atoms with Crippen LogP contribution in [-0.4, -0.2) is 31.9 Å². The standard InChI is InChI=1S/C19H20N4O2/c1-2-22-12-14(13-6-3-4-7-16(13)22)18(24)23-11-5-8-17(23)15-9-10-20-19(25)21-15/h3-4,6-7,9-10,12,17H,2,5,8,11H2,1H3,(H,20,21,25). The first-order valence-corrected chi connectivity index (χ1v) is 8.63. The Bertz CT molecular complexity index is 988. The number of nitrogens with one attached hydrogen (secondary N) is 1. The van der Waals surface area contributed by atoms with E-state index in [2.05, 4.69) is 21.5 Å². The molecule has 1 saturated heterocycles. The summed E-state index contributed by atoms with van der Waals surface area (Å²) >= 11 is 0. The Morgan fingerprint density at radius 2 is 2.16 bits per heavy atom. The first kappa shape index (κ1) is 15.6. The van der Waals surface area contributed by atoms with Crippen LogP contribution in [0.4, 0.5) is 0 Å². The van der Waals surface area contributed by atoms with Crippen molar-refractivity contribution in [2.24, 2.45) is 0 Å². The Labute approximate surface area is 145 Å². The van der Waals surface area contributed by atoms with Gasteiger partial charge in [0.05, 0.1) is 11.6 Å². The molecule has 1 unspecified atom stereocenters. The maximum absolute atomic E-state index is 13.3. The van der Waals surface area contributed by atoms with Gasteiger partial charge in [-0.05, 0) is 31.9 Å². The number of nitrogens with zero attached hydrogens (tertiary/aromatic N) is 3. The Morgan fingerprint density at radius 3 is 2.96 bits per heavy atom. The zero-order valence-electron chi connectivity index (χ0n) is 14.1. The summed E-state index contributed by atoms with van der Waals surface area (Å²) in [5.41, 5.74) is 2.17. The molecule has 4 rings (SSSR count). The van der Waals surface area contributed by atoms with E-state index in [1.165, 1.54) is 6.20 Å². The van der Waals surface area contributed by atoms with Crippen molar-refractivity contribution in [3.05, 3.63) is 64.5 Å². The smallest absolute Gasteiger partial charge is 0.345 e. The van der Waals surface area contributed by atoms with Gasteiger partial charge in [0.25, 0.3) is 5.91 Å². The van der Waals surface area contributed by atoms with Crippen molar-refractivity contribution in [3.63, 3.8) is 0 Å². The number of hydrogen-bond acceptors (Lipinski definition) is 3. The predicted molar refractivity (Wildman–Crippen MR) is 95.5 cm³/mol. The number of likely N-dealkylation sites (tertiary alicyclic amines) is 1. The van der Waals surface area contributed by atoms with Gasteiger partial charge in [-0.1, -0.05) is 18.2 Å². The van der Waals surface area contributed by atoms with Crippen molar-refractivity contribution in [3.8, 4) is 0 Å². The molecule has 6 nitrogen and oxygen atoms in total. The molecule has 1 fully saturated rings. The normalized spacial score (nSPS) is 17.3. The second-order valence-corrected chi connectivity index (χ2v) is 6.33. The van der Waals surface area contributed by atoms with Gasteiger partial charge in [-0.2, -0.15) is 0 Å². The van der Waals surface area contributed by atoms with E-state index in [1.54, 1.807) is 6.07 Å². The third-order valence-corrected chi connectivity index (χ3v) is 4.93. The summed E-state index contributed by atoms with van der Waals surface area (Å²) in [7, 11) is 0. The van der Waals surface area contributed by atoms with Gasteiger partial charge >= 0.3 is 5.69 Å². The highest BCUT2D eigenvalue weighted by atomic mass is 16.2. The zero-order chi connectivity index (χ0) is 17.4. The summed E-state index contributed by atoms with van der Waals surface area (Å²) in [5, 5.41) is 0.975. The summed E-state index contributed by atoms with van der Waals surface area (Å²) in [4.78, 5) is 33.1. The van der Waals surface area contributed by atoms with Crippen molar-refractivity contribution in [1.82, 2.24) is 19.4 Å². The minimum absolute atomic E-state index is 0.0172. The number of carbonyl (C=O) groups excluding carboxylic acids is 1. The third kappa shape index (κ3) is 2.63. The molecular weight excluding hydrogens is 316 g/mol. The van der Waals surface area contributed by atoms with Crippen LogP contribution in [0.2, 0.25) is 0 Å². The van der Waals surface area contributed by atoms with E-state index in [0.717, 1.165) is 41.5 Å². The van der Waals surface area contributed by atoms with Gasteiger partial charge in [0.2, 0.25) is 0 Å². The number of benzene rings is 1. The molecule has 128 valence electrons. The second kappa shape index (κ2) is 6.20. The average Bonchev–Trinajstić information content (AvgIpc) is 3.26. The van der Waals surface area contributed by atoms with Crippen molar-refractivity contribution < 1.29 is 4.79 Å². The number of para-hydroxylation sites is 1. The Kier molecular flexibility index (Phi) is 3.87. The molecule has 0 saturated carbocycles. The van der Waals surface area contributed by atoms with Crippen LogP contribution in [0.1, 0.15) is 41.9 Å². The topological polar surface area (TPSA) is 71.0 Å². The molecular formula is C19H20N4O2. The first-order chi connectivity index (χ1) is 12.2. The number of aromatic amines is 1. The van der Waals surface area contributed by atoms with Crippen LogP contribution < -0.4 is 5.69 Å². The number of carbonyl (C=O) groups is 1. The lowest BCUT2D eigenvalue weighted by Crippen LogP contribution is -2.31. The van der Waals surface area contributed by atoms with E-state index in [-0.39, 0.29) is 17.6 Å². The average molecular weight is 336 g/mol. The van der Waals surface area contributed by atoms with Gasteiger partial charge in [0.15, 0.2) is 0 Å². The highest BCUT2D eigenvalue weighted by Crippen LogP contribution is 2.33. The lowest BCUT2D eigenvalue weighted by atomic mass is 10.1. The van der Waals surface area contributed by atoms with E-state index >= 15 is 0 Å². The Hall–Kier alpha value is -2.89. The Balaban J connectivity index is 1.74. The van der Waals surface area contributed by atoms with Crippen LogP contribution >= 0.6 is 0 Å². The third-order valence-electron chi connectivity index (χ3n) is 4.93. The van der Waals surface area contributed by atoms with Gasteiger partial charge in [-0.3, -0.25) is 4.79 Å². The van der Waals surface area contributed by atoms with Gasteiger partial charge < -0.3 is 14.5 Å². The molecule has 6 heteroatoms. The van der Waals surface area contributed by atoms with Crippen molar-refractivity contribution in [1.29, 1.82) is 0 Å². The summed E-state index contributed by atoms with van der Waals surface area (Å²) in [6.07, 6.45) is 5.21. The van der Waals surface area contributed by atoms with Gasteiger partial charge in [0, 0.05) is 42.1 Å². The fraction of sp³-hybridized carbons (Fsp3) is 0.316. The summed E-state index contributed by atoms with van der Waals surface area (Å²) in [6.45, 7) is 3.58. The number of rotatable bonds is 3. The minimum Gasteiger partial charge on any atom is -0.347 e. The van der Waals surface area contributed by atoms with Gasteiger partial charge in [-0.15, -0.1) is 0 Å². The lowest BCUT2D eigenvalue weighted by Gasteiger charge is -2.24. The number of aromatic nitrogens is 3. The molecule has 1 aromatic carbocycles.